The standard InChI is InChI=1S/C11H12F2N4OS/c1-5(9-4-19-6(2)15-9)14-11(18)8-3-7(10(12)13)16-17-8/h3-5,10H,1-2H3,(H,14,18)(H,16,17)/t5-/m1/s1. The number of carbonyl (C=O) groups is 1. The van der Waals surface area contributed by atoms with Gasteiger partial charge in [-0.1, -0.05) is 0 Å². The van der Waals surface area contributed by atoms with Crippen LogP contribution in [0.2, 0.25) is 0 Å². The van der Waals surface area contributed by atoms with Gasteiger partial charge in [-0.15, -0.1) is 11.3 Å². The number of alkyl halides is 2. The molecular formula is C11H12F2N4OS. The Labute approximate surface area is 112 Å². The molecule has 2 heterocycles. The highest BCUT2D eigenvalue weighted by Crippen LogP contribution is 2.18. The third-order valence-corrected chi connectivity index (χ3v) is 3.29. The van der Waals surface area contributed by atoms with E-state index in [9.17, 15) is 13.6 Å². The first-order chi connectivity index (χ1) is 8.97. The Morgan fingerprint density at radius 1 is 1.53 bits per heavy atom. The van der Waals surface area contributed by atoms with E-state index in [1.807, 2.05) is 12.3 Å². The molecule has 0 saturated heterocycles. The second-order valence-electron chi connectivity index (χ2n) is 4.00. The molecule has 2 aromatic rings. The van der Waals surface area contributed by atoms with Gasteiger partial charge in [-0.05, 0) is 19.9 Å². The van der Waals surface area contributed by atoms with Crippen LogP contribution < -0.4 is 5.32 Å². The summed E-state index contributed by atoms with van der Waals surface area (Å²) in [6, 6.07) is 0.739. The van der Waals surface area contributed by atoms with E-state index in [4.69, 9.17) is 0 Å². The van der Waals surface area contributed by atoms with Gasteiger partial charge in [0.2, 0.25) is 0 Å². The van der Waals surface area contributed by atoms with Crippen LogP contribution in [0.1, 0.15) is 46.3 Å². The number of carbonyl (C=O) groups excluding carboxylic acids is 1. The van der Waals surface area contributed by atoms with Crippen LogP contribution in [0.5, 0.6) is 0 Å². The summed E-state index contributed by atoms with van der Waals surface area (Å²) < 4.78 is 24.7. The quantitative estimate of drug-likeness (QED) is 0.907. The van der Waals surface area contributed by atoms with Crippen molar-refractivity contribution >= 4 is 17.2 Å². The topological polar surface area (TPSA) is 70.7 Å². The first-order valence-corrected chi connectivity index (χ1v) is 6.41. The Kier molecular flexibility index (Phi) is 3.89. The van der Waals surface area contributed by atoms with Crippen molar-refractivity contribution in [2.75, 3.05) is 0 Å². The van der Waals surface area contributed by atoms with Gasteiger partial charge in [0.15, 0.2) is 0 Å². The van der Waals surface area contributed by atoms with Gasteiger partial charge in [0, 0.05) is 5.38 Å². The number of H-pyrrole nitrogens is 1. The third kappa shape index (κ3) is 3.14. The maximum Gasteiger partial charge on any atom is 0.279 e. The van der Waals surface area contributed by atoms with Crippen LogP contribution in [0.4, 0.5) is 8.78 Å². The molecule has 0 aromatic carbocycles. The second-order valence-corrected chi connectivity index (χ2v) is 5.06. The number of aromatic amines is 1. The van der Waals surface area contributed by atoms with E-state index in [2.05, 4.69) is 20.5 Å². The fraction of sp³-hybridized carbons (Fsp3) is 0.364. The van der Waals surface area contributed by atoms with E-state index >= 15 is 0 Å². The number of hydrogen-bond acceptors (Lipinski definition) is 4. The zero-order valence-corrected chi connectivity index (χ0v) is 11.1. The molecule has 2 N–H and O–H groups in total. The van der Waals surface area contributed by atoms with Gasteiger partial charge in [0.25, 0.3) is 12.3 Å². The van der Waals surface area contributed by atoms with Crippen LogP contribution in [0.15, 0.2) is 11.4 Å². The lowest BCUT2D eigenvalue weighted by molar-refractivity contribution is 0.0934. The highest BCUT2D eigenvalue weighted by atomic mass is 32.1. The SMILES string of the molecule is Cc1nc([C@@H](C)NC(=O)c2cc(C(F)F)[nH]n2)cs1. The Bertz CT molecular complexity index is 581. The minimum absolute atomic E-state index is 0.0610. The van der Waals surface area contributed by atoms with Gasteiger partial charge in [-0.3, -0.25) is 9.89 Å². The van der Waals surface area contributed by atoms with Crippen LogP contribution in [-0.2, 0) is 0 Å². The maximum atomic E-state index is 12.4. The third-order valence-electron chi connectivity index (χ3n) is 2.49. The number of thiazole rings is 1. The molecule has 0 radical (unpaired) electrons. The van der Waals surface area contributed by atoms with Gasteiger partial charge in [-0.2, -0.15) is 5.10 Å². The Morgan fingerprint density at radius 2 is 2.26 bits per heavy atom. The molecule has 19 heavy (non-hydrogen) atoms. The largest absolute Gasteiger partial charge is 0.343 e. The molecule has 0 spiro atoms. The number of hydrogen-bond donors (Lipinski definition) is 2. The lowest BCUT2D eigenvalue weighted by Crippen LogP contribution is -2.27. The highest BCUT2D eigenvalue weighted by Gasteiger charge is 2.18. The monoisotopic (exact) mass is 286 g/mol. The Hall–Kier alpha value is -1.83. The number of nitrogens with one attached hydrogen (secondary N) is 2. The van der Waals surface area contributed by atoms with Crippen LogP contribution in [-0.4, -0.2) is 21.1 Å². The molecule has 0 bridgehead atoms. The molecule has 2 rings (SSSR count). The van der Waals surface area contributed by atoms with Gasteiger partial charge in [-0.25, -0.2) is 13.8 Å². The highest BCUT2D eigenvalue weighted by molar-refractivity contribution is 7.09. The summed E-state index contributed by atoms with van der Waals surface area (Å²) in [4.78, 5) is 16.1. The average molecular weight is 286 g/mol. The summed E-state index contributed by atoms with van der Waals surface area (Å²) in [6.07, 6.45) is -2.67. The van der Waals surface area contributed by atoms with Crippen molar-refractivity contribution in [3.8, 4) is 0 Å². The molecule has 5 nitrogen and oxygen atoms in total. The Balaban J connectivity index is 2.04. The van der Waals surface area contributed by atoms with Crippen molar-refractivity contribution in [1.29, 1.82) is 0 Å². The number of rotatable bonds is 4. The van der Waals surface area contributed by atoms with Crippen LogP contribution in [0.3, 0.4) is 0 Å². The minimum atomic E-state index is -2.67. The molecule has 0 unspecified atom stereocenters. The molecule has 8 heteroatoms. The van der Waals surface area contributed by atoms with Crippen LogP contribution >= 0.6 is 11.3 Å². The van der Waals surface area contributed by atoms with Crippen molar-refractivity contribution in [1.82, 2.24) is 20.5 Å². The van der Waals surface area contributed by atoms with Crippen LogP contribution in [0.25, 0.3) is 0 Å². The molecule has 102 valence electrons. The first kappa shape index (κ1) is 13.6. The van der Waals surface area contributed by atoms with E-state index < -0.39 is 12.3 Å². The van der Waals surface area contributed by atoms with Crippen molar-refractivity contribution in [3.63, 3.8) is 0 Å². The zero-order chi connectivity index (χ0) is 14.0. The zero-order valence-electron chi connectivity index (χ0n) is 10.3. The molecule has 0 saturated carbocycles. The van der Waals surface area contributed by atoms with Gasteiger partial charge in [0.1, 0.15) is 11.4 Å². The molecule has 0 aliphatic carbocycles. The van der Waals surface area contributed by atoms with E-state index in [0.29, 0.717) is 0 Å². The predicted molar refractivity (Wildman–Crippen MR) is 66.3 cm³/mol. The smallest absolute Gasteiger partial charge is 0.279 e. The average Bonchev–Trinajstić information content (AvgIpc) is 2.96. The first-order valence-electron chi connectivity index (χ1n) is 5.53. The van der Waals surface area contributed by atoms with E-state index in [1.165, 1.54) is 11.3 Å². The van der Waals surface area contributed by atoms with Crippen molar-refractivity contribution in [2.24, 2.45) is 0 Å². The van der Waals surface area contributed by atoms with E-state index in [-0.39, 0.29) is 17.4 Å². The maximum absolute atomic E-state index is 12.4. The molecule has 0 aliphatic heterocycles. The van der Waals surface area contributed by atoms with Gasteiger partial charge < -0.3 is 5.32 Å². The lowest BCUT2D eigenvalue weighted by atomic mass is 10.2. The summed E-state index contributed by atoms with van der Waals surface area (Å²) in [5, 5.41) is 11.1. The van der Waals surface area contributed by atoms with Gasteiger partial charge >= 0.3 is 0 Å². The lowest BCUT2D eigenvalue weighted by Gasteiger charge is -2.09. The fourth-order valence-electron chi connectivity index (χ4n) is 1.49. The minimum Gasteiger partial charge on any atom is -0.343 e. The second kappa shape index (κ2) is 5.43. The molecule has 0 aliphatic rings. The normalized spacial score (nSPS) is 12.7. The molecule has 2 aromatic heterocycles. The van der Waals surface area contributed by atoms with Crippen molar-refractivity contribution < 1.29 is 13.6 Å². The molecule has 0 fully saturated rings. The van der Waals surface area contributed by atoms with Crippen molar-refractivity contribution in [3.05, 3.63) is 33.5 Å². The fourth-order valence-corrected chi connectivity index (χ4v) is 2.19. The summed E-state index contributed by atoms with van der Waals surface area (Å²) >= 11 is 1.48. The number of aryl methyl sites for hydroxylation is 1. The van der Waals surface area contributed by atoms with E-state index in [1.54, 1.807) is 6.92 Å². The molecular weight excluding hydrogens is 274 g/mol. The Morgan fingerprint density at radius 3 is 2.79 bits per heavy atom. The predicted octanol–water partition coefficient (Wildman–Crippen LogP) is 2.60. The molecule has 1 amide bonds. The van der Waals surface area contributed by atoms with Crippen LogP contribution in [0, 0.1) is 6.92 Å². The number of halogens is 2. The summed E-state index contributed by atoms with van der Waals surface area (Å²) in [5.41, 5.74) is 0.303. The summed E-state index contributed by atoms with van der Waals surface area (Å²) in [5.74, 6) is -0.513. The van der Waals surface area contributed by atoms with E-state index in [0.717, 1.165) is 16.8 Å². The number of aromatic nitrogens is 3. The number of nitrogens with zero attached hydrogens (tertiary/aromatic N) is 2. The summed E-state index contributed by atoms with van der Waals surface area (Å²) in [7, 11) is 0. The van der Waals surface area contributed by atoms with Crippen molar-refractivity contribution in [2.45, 2.75) is 26.3 Å². The molecule has 1 atom stereocenters. The number of amides is 1. The summed E-state index contributed by atoms with van der Waals surface area (Å²) in [6.45, 7) is 3.64. The van der Waals surface area contributed by atoms with Gasteiger partial charge in [0.05, 0.1) is 16.7 Å².